The van der Waals surface area contributed by atoms with Crippen LogP contribution in [0.2, 0.25) is 0 Å². The Hall–Kier alpha value is -1.67. The molecule has 0 saturated carbocycles. The molecule has 56 heavy (non-hydrogen) atoms. The van der Waals surface area contributed by atoms with Gasteiger partial charge >= 0.3 is 17.9 Å². The average molecular weight is 797 g/mol. The highest BCUT2D eigenvalue weighted by atomic mass is 16.6. The van der Waals surface area contributed by atoms with Crippen LogP contribution in [0.1, 0.15) is 258 Å². The summed E-state index contributed by atoms with van der Waals surface area (Å²) in [5.74, 6) is -0.904. The Labute approximate surface area is 345 Å². The van der Waals surface area contributed by atoms with Gasteiger partial charge in [-0.05, 0) is 25.7 Å². The van der Waals surface area contributed by atoms with Crippen LogP contribution in [0.4, 0.5) is 0 Å². The second kappa shape index (κ2) is 44.4. The number of aliphatic hydroxyl groups excluding tert-OH is 2. The number of hydrogen-bond acceptors (Lipinski definition) is 8. The van der Waals surface area contributed by atoms with Gasteiger partial charge in [0.05, 0.1) is 12.7 Å². The molecule has 0 bridgehead atoms. The number of rotatable bonds is 45. The first-order valence-corrected chi connectivity index (χ1v) is 24.2. The van der Waals surface area contributed by atoms with E-state index in [1.165, 1.54) is 148 Å². The Morgan fingerprint density at radius 2 is 0.661 bits per heavy atom. The summed E-state index contributed by atoms with van der Waals surface area (Å²) in [4.78, 5) is 37.8. The molecule has 2 N–H and O–H groups in total. The summed E-state index contributed by atoms with van der Waals surface area (Å²) in [6.07, 6.45) is 40.7. The fourth-order valence-corrected chi connectivity index (χ4v) is 7.25. The number of esters is 3. The highest BCUT2D eigenvalue weighted by Crippen LogP contribution is 2.16. The first-order chi connectivity index (χ1) is 27.4. The van der Waals surface area contributed by atoms with E-state index < -0.39 is 12.2 Å². The van der Waals surface area contributed by atoms with Crippen LogP contribution in [-0.2, 0) is 28.6 Å². The second-order valence-corrected chi connectivity index (χ2v) is 16.7. The molecule has 0 aromatic rings. The number of carbonyl (C=O) groups excluding carboxylic acids is 3. The van der Waals surface area contributed by atoms with Crippen molar-refractivity contribution < 1.29 is 38.8 Å². The number of hydrogen-bond donors (Lipinski definition) is 2. The number of aliphatic hydroxyl groups is 2. The van der Waals surface area contributed by atoms with Gasteiger partial charge in [-0.25, -0.2) is 0 Å². The van der Waals surface area contributed by atoms with Crippen LogP contribution in [-0.4, -0.2) is 60.1 Å². The molecule has 8 heteroatoms. The third kappa shape index (κ3) is 41.9. The van der Waals surface area contributed by atoms with Crippen molar-refractivity contribution in [2.75, 3.05) is 19.8 Å². The lowest BCUT2D eigenvalue weighted by atomic mass is 10.0. The molecular weight excluding hydrogens is 705 g/mol. The van der Waals surface area contributed by atoms with E-state index in [1.54, 1.807) is 0 Å². The Balaban J connectivity index is 4.29. The molecule has 2 atom stereocenters. The van der Waals surface area contributed by atoms with Crippen molar-refractivity contribution in [2.45, 2.75) is 270 Å². The molecule has 0 aromatic heterocycles. The summed E-state index contributed by atoms with van der Waals surface area (Å²) in [7, 11) is 0. The highest BCUT2D eigenvalue weighted by molar-refractivity contribution is 5.71. The van der Waals surface area contributed by atoms with E-state index in [9.17, 15) is 19.5 Å². The third-order valence-corrected chi connectivity index (χ3v) is 11.0. The molecule has 0 aromatic carbocycles. The molecule has 0 spiro atoms. The molecule has 0 fully saturated rings. The minimum absolute atomic E-state index is 0.0805. The van der Waals surface area contributed by atoms with E-state index in [2.05, 4.69) is 13.8 Å². The Kier molecular flexibility index (Phi) is 43.1. The largest absolute Gasteiger partial charge is 0.462 e. The average Bonchev–Trinajstić information content (AvgIpc) is 3.19. The monoisotopic (exact) mass is 797 g/mol. The predicted octanol–water partition coefficient (Wildman–Crippen LogP) is 13.2. The van der Waals surface area contributed by atoms with Gasteiger partial charge in [0.1, 0.15) is 13.2 Å². The Morgan fingerprint density at radius 3 is 0.964 bits per heavy atom. The fraction of sp³-hybridized carbons (Fsp3) is 0.938. The van der Waals surface area contributed by atoms with Crippen LogP contribution < -0.4 is 0 Å². The number of ether oxygens (including phenoxy) is 3. The molecule has 0 aliphatic carbocycles. The van der Waals surface area contributed by atoms with Gasteiger partial charge in [0.15, 0.2) is 6.10 Å². The van der Waals surface area contributed by atoms with E-state index in [0.717, 1.165) is 70.6 Å². The summed E-state index contributed by atoms with van der Waals surface area (Å²) in [6, 6.07) is 0. The lowest BCUT2D eigenvalue weighted by Gasteiger charge is -2.18. The third-order valence-electron chi connectivity index (χ3n) is 11.0. The zero-order chi connectivity index (χ0) is 41.0. The molecular formula is C48H92O8. The maximum atomic E-state index is 12.7. The number of unbranched alkanes of at least 4 members (excludes halogenated alkanes) is 31. The summed E-state index contributed by atoms with van der Waals surface area (Å²) in [5, 5.41) is 18.3. The molecule has 0 aliphatic rings. The van der Waals surface area contributed by atoms with E-state index in [0.29, 0.717) is 25.7 Å². The van der Waals surface area contributed by atoms with Gasteiger partial charge in [0.2, 0.25) is 0 Å². The summed E-state index contributed by atoms with van der Waals surface area (Å²) < 4.78 is 16.7. The maximum absolute atomic E-state index is 12.7. The van der Waals surface area contributed by atoms with Gasteiger partial charge in [0, 0.05) is 19.3 Å². The molecule has 2 unspecified atom stereocenters. The summed E-state index contributed by atoms with van der Waals surface area (Å²) in [5.41, 5.74) is 0. The smallest absolute Gasteiger partial charge is 0.306 e. The standard InChI is InChI=1S/C48H92O8/c1-3-5-7-9-11-13-17-22-26-30-34-38-46(51)54-42-45(56-48(53)40-36-32-28-24-18-14-12-10-8-6-4-2)43-55-47(52)39-35-31-27-23-20-16-15-19-21-25-29-33-37-44(50)41-49/h44-45,49-50H,3-43H2,1-2H3. The normalized spacial score (nSPS) is 12.4. The van der Waals surface area contributed by atoms with Crippen LogP contribution in [0.3, 0.4) is 0 Å². The van der Waals surface area contributed by atoms with Gasteiger partial charge in [-0.15, -0.1) is 0 Å². The zero-order valence-corrected chi connectivity index (χ0v) is 37.0. The minimum atomic E-state index is -0.778. The van der Waals surface area contributed by atoms with Gasteiger partial charge in [-0.2, -0.15) is 0 Å². The summed E-state index contributed by atoms with van der Waals surface area (Å²) >= 11 is 0. The highest BCUT2D eigenvalue weighted by Gasteiger charge is 2.19. The van der Waals surface area contributed by atoms with Crippen molar-refractivity contribution >= 4 is 17.9 Å². The van der Waals surface area contributed by atoms with Crippen LogP contribution in [0.5, 0.6) is 0 Å². The molecule has 0 saturated heterocycles. The van der Waals surface area contributed by atoms with Crippen LogP contribution in [0.25, 0.3) is 0 Å². The van der Waals surface area contributed by atoms with E-state index >= 15 is 0 Å². The molecule has 0 heterocycles. The lowest BCUT2D eigenvalue weighted by Crippen LogP contribution is -2.30. The van der Waals surface area contributed by atoms with Gasteiger partial charge in [-0.3, -0.25) is 14.4 Å². The van der Waals surface area contributed by atoms with Gasteiger partial charge in [0.25, 0.3) is 0 Å². The first-order valence-electron chi connectivity index (χ1n) is 24.2. The quantitative estimate of drug-likeness (QED) is 0.0355. The van der Waals surface area contributed by atoms with Crippen LogP contribution >= 0.6 is 0 Å². The lowest BCUT2D eigenvalue weighted by molar-refractivity contribution is -0.167. The molecule has 0 radical (unpaired) electrons. The van der Waals surface area contributed by atoms with Crippen molar-refractivity contribution in [1.29, 1.82) is 0 Å². The Morgan fingerprint density at radius 1 is 0.393 bits per heavy atom. The molecule has 0 aliphatic heterocycles. The first kappa shape index (κ1) is 54.3. The van der Waals surface area contributed by atoms with Crippen molar-refractivity contribution in [2.24, 2.45) is 0 Å². The van der Waals surface area contributed by atoms with E-state index in [1.807, 2.05) is 0 Å². The fourth-order valence-electron chi connectivity index (χ4n) is 7.25. The summed E-state index contributed by atoms with van der Waals surface area (Å²) in [6.45, 7) is 4.19. The molecule has 8 nitrogen and oxygen atoms in total. The van der Waals surface area contributed by atoms with E-state index in [-0.39, 0.29) is 37.7 Å². The van der Waals surface area contributed by atoms with Gasteiger partial charge < -0.3 is 24.4 Å². The molecule has 332 valence electrons. The predicted molar refractivity (Wildman–Crippen MR) is 232 cm³/mol. The minimum Gasteiger partial charge on any atom is -0.462 e. The molecule has 0 rings (SSSR count). The number of carbonyl (C=O) groups is 3. The van der Waals surface area contributed by atoms with Crippen molar-refractivity contribution in [3.63, 3.8) is 0 Å². The molecule has 0 amide bonds. The van der Waals surface area contributed by atoms with Crippen LogP contribution in [0, 0.1) is 0 Å². The second-order valence-electron chi connectivity index (χ2n) is 16.7. The maximum Gasteiger partial charge on any atom is 0.306 e. The zero-order valence-electron chi connectivity index (χ0n) is 37.0. The van der Waals surface area contributed by atoms with Crippen molar-refractivity contribution in [3.8, 4) is 0 Å². The van der Waals surface area contributed by atoms with Crippen molar-refractivity contribution in [3.05, 3.63) is 0 Å². The van der Waals surface area contributed by atoms with E-state index in [4.69, 9.17) is 19.3 Å². The topological polar surface area (TPSA) is 119 Å². The SMILES string of the molecule is CCCCCCCCCCCCCC(=O)OCC(COC(=O)CCCCCCCCCCCCCCC(O)CO)OC(=O)CCCCCCCCCCCCC. The van der Waals surface area contributed by atoms with Crippen LogP contribution in [0.15, 0.2) is 0 Å². The van der Waals surface area contributed by atoms with Crippen molar-refractivity contribution in [1.82, 2.24) is 0 Å². The Bertz CT molecular complexity index is 849. The van der Waals surface area contributed by atoms with Gasteiger partial charge in [-0.1, -0.05) is 213 Å².